The van der Waals surface area contributed by atoms with Gasteiger partial charge in [0.1, 0.15) is 5.22 Å². The van der Waals surface area contributed by atoms with Crippen LogP contribution in [0.5, 0.6) is 0 Å². The second-order valence-corrected chi connectivity index (χ2v) is 5.17. The number of halogens is 1. The van der Waals surface area contributed by atoms with E-state index in [1.807, 2.05) is 50.1 Å². The zero-order chi connectivity index (χ0) is 13.4. The van der Waals surface area contributed by atoms with Gasteiger partial charge < -0.3 is 5.21 Å². The third-order valence-corrected chi connectivity index (χ3v) is 3.13. The highest BCUT2D eigenvalue weighted by atomic mass is 35.5. The highest BCUT2D eigenvalue weighted by Gasteiger charge is 2.45. The molecule has 2 rings (SSSR count). The maximum absolute atomic E-state index is 9.86. The summed E-state index contributed by atoms with van der Waals surface area (Å²) in [6.07, 6.45) is 5.56. The summed E-state index contributed by atoms with van der Waals surface area (Å²) in [6.45, 7) is 0. The fraction of sp³-hybridized carbons (Fsp3) is 0.545. The number of hydrogen-bond acceptors (Lipinski definition) is 1. The van der Waals surface area contributed by atoms with Gasteiger partial charge in [-0.15, -0.1) is 0 Å². The number of guanidine groups is 1. The number of allylic oxidation sites excluding steroid dienone is 2. The minimum absolute atomic E-state index is 0.0581. The summed E-state index contributed by atoms with van der Waals surface area (Å²) in [5, 5.41) is 14.6. The van der Waals surface area contributed by atoms with Crippen LogP contribution < -0.4 is 0 Å². The molecule has 2 atom stereocenters. The Kier molecular flexibility index (Phi) is 3.30. The third kappa shape index (κ3) is 2.08. The van der Waals surface area contributed by atoms with E-state index in [2.05, 4.69) is 5.22 Å². The molecule has 18 heavy (non-hydrogen) atoms. The van der Waals surface area contributed by atoms with Gasteiger partial charge in [0.2, 0.25) is 6.04 Å². The Morgan fingerprint density at radius 3 is 2.44 bits per heavy atom. The molecule has 0 aromatic rings. The lowest BCUT2D eigenvalue weighted by Gasteiger charge is -2.15. The predicted octanol–water partition coefficient (Wildman–Crippen LogP) is 0.690. The van der Waals surface area contributed by atoms with Gasteiger partial charge >= 0.3 is 5.96 Å². The van der Waals surface area contributed by atoms with E-state index < -0.39 is 0 Å². The number of hydrogen-bond donors (Lipinski definition) is 1. The average molecular weight is 272 g/mol. The molecule has 6 nitrogen and oxygen atoms in total. The second kappa shape index (κ2) is 4.61. The fourth-order valence-corrected chi connectivity index (χ4v) is 2.45. The minimum Gasteiger partial charge on any atom is -0.334 e. The van der Waals surface area contributed by atoms with E-state index in [9.17, 15) is 5.21 Å². The maximum Gasteiger partial charge on any atom is 0.463 e. The molecule has 2 unspecified atom stereocenters. The smallest absolute Gasteiger partial charge is 0.334 e. The van der Waals surface area contributed by atoms with E-state index in [0.717, 1.165) is 10.8 Å². The minimum atomic E-state index is -0.252. The van der Waals surface area contributed by atoms with Crippen molar-refractivity contribution in [2.75, 3.05) is 28.2 Å². The highest BCUT2D eigenvalue weighted by Crippen LogP contribution is 2.23. The first-order valence-corrected chi connectivity index (χ1v) is 6.05. The zero-order valence-corrected chi connectivity index (χ0v) is 11.7. The Hall–Kier alpha value is -1.56. The van der Waals surface area contributed by atoms with Gasteiger partial charge in [-0.1, -0.05) is 11.6 Å². The zero-order valence-electron chi connectivity index (χ0n) is 10.9. The van der Waals surface area contributed by atoms with Crippen molar-refractivity contribution in [2.24, 2.45) is 5.22 Å². The molecule has 0 bridgehead atoms. The van der Waals surface area contributed by atoms with E-state index in [1.165, 1.54) is 0 Å². The van der Waals surface area contributed by atoms with Crippen LogP contribution in [0.4, 0.5) is 0 Å². The van der Waals surface area contributed by atoms with Crippen LogP contribution >= 0.6 is 11.6 Å². The van der Waals surface area contributed by atoms with Crippen molar-refractivity contribution in [3.8, 4) is 0 Å². The van der Waals surface area contributed by atoms with Crippen molar-refractivity contribution < 1.29 is 14.8 Å². The van der Waals surface area contributed by atoms with Crippen LogP contribution in [-0.4, -0.2) is 70.8 Å². The Morgan fingerprint density at radius 1 is 1.28 bits per heavy atom. The molecule has 0 saturated heterocycles. The summed E-state index contributed by atoms with van der Waals surface area (Å²) in [5.74, 6) is 0.887. The number of fused-ring (bicyclic) bond motifs is 1. The van der Waals surface area contributed by atoms with E-state index in [-0.39, 0.29) is 12.1 Å². The molecule has 0 amide bonds. The summed E-state index contributed by atoms with van der Waals surface area (Å²) in [4.78, 5) is 4.85. The molecule has 98 valence electrons. The Balaban J connectivity index is 2.48. The van der Waals surface area contributed by atoms with Crippen molar-refractivity contribution in [1.82, 2.24) is 9.80 Å². The molecule has 0 spiro atoms. The Labute approximate surface area is 111 Å². The number of rotatable bonds is 0. The highest BCUT2D eigenvalue weighted by molar-refractivity contribution is 6.31. The maximum atomic E-state index is 9.86. The summed E-state index contributed by atoms with van der Waals surface area (Å²) in [5.41, 5.74) is 0. The van der Waals surface area contributed by atoms with Crippen molar-refractivity contribution in [3.63, 3.8) is 0 Å². The van der Waals surface area contributed by atoms with Gasteiger partial charge in [-0.25, -0.2) is 9.80 Å². The lowest BCUT2D eigenvalue weighted by atomic mass is 10.0. The first kappa shape index (κ1) is 12.9. The van der Waals surface area contributed by atoms with Crippen molar-refractivity contribution in [1.29, 1.82) is 0 Å². The van der Waals surface area contributed by atoms with Gasteiger partial charge in [-0.3, -0.25) is 0 Å². The van der Waals surface area contributed by atoms with Crippen LogP contribution in [0.1, 0.15) is 0 Å². The summed E-state index contributed by atoms with van der Waals surface area (Å²) >= 11 is 5.95. The molecule has 1 aliphatic heterocycles. The van der Waals surface area contributed by atoms with Gasteiger partial charge in [-0.2, -0.15) is 0 Å². The van der Waals surface area contributed by atoms with Gasteiger partial charge in [0.25, 0.3) is 0 Å². The van der Waals surface area contributed by atoms with Crippen molar-refractivity contribution in [2.45, 2.75) is 12.1 Å². The van der Waals surface area contributed by atoms with Crippen LogP contribution in [0.15, 0.2) is 28.5 Å². The molecule has 2 aliphatic rings. The number of hydroxylamine groups is 1. The van der Waals surface area contributed by atoms with Crippen molar-refractivity contribution >= 4 is 17.6 Å². The average Bonchev–Trinajstić information content (AvgIpc) is 2.55. The first-order valence-electron chi connectivity index (χ1n) is 5.68. The van der Waals surface area contributed by atoms with E-state index in [1.54, 1.807) is 10.8 Å². The lowest BCUT2D eigenvalue weighted by Crippen LogP contribution is -2.45. The molecular formula is C11H18ClN5O+2. The standard InChI is InChI=1S/C11H18ClN5O/c1-14(2)11(15(3)4)16-9-6-5-8(12)7-10(9)17(18)13-16/h5-7,9-10H,1-4H3,(H,13,18)/q+2. The molecule has 0 aromatic carbocycles. The monoisotopic (exact) mass is 271 g/mol. The fourth-order valence-electron chi connectivity index (χ4n) is 2.25. The van der Waals surface area contributed by atoms with Crippen LogP contribution in [0.2, 0.25) is 0 Å². The topological polar surface area (TPSA) is 45.1 Å². The molecule has 0 saturated carbocycles. The summed E-state index contributed by atoms with van der Waals surface area (Å²) in [7, 11) is 7.76. The van der Waals surface area contributed by atoms with Gasteiger partial charge in [0.15, 0.2) is 6.04 Å². The molecule has 1 aliphatic carbocycles. The molecule has 0 fully saturated rings. The quantitative estimate of drug-likeness (QED) is 0.521. The molecule has 0 aromatic heterocycles. The van der Waals surface area contributed by atoms with Gasteiger partial charge in [0, 0.05) is 9.89 Å². The van der Waals surface area contributed by atoms with Gasteiger partial charge in [-0.05, 0) is 22.9 Å². The lowest BCUT2D eigenvalue weighted by molar-refractivity contribution is -0.852. The van der Waals surface area contributed by atoms with Crippen molar-refractivity contribution in [3.05, 3.63) is 23.3 Å². The van der Waals surface area contributed by atoms with Gasteiger partial charge in [0.05, 0.1) is 28.2 Å². The van der Waals surface area contributed by atoms with E-state index in [0.29, 0.717) is 5.03 Å². The molecule has 7 heteroatoms. The second-order valence-electron chi connectivity index (χ2n) is 4.74. The molecule has 1 N–H and O–H groups in total. The number of nitrogens with zero attached hydrogens (tertiary/aromatic N) is 5. The molecular weight excluding hydrogens is 254 g/mol. The normalized spacial score (nSPS) is 25.5. The summed E-state index contributed by atoms with van der Waals surface area (Å²) < 4.78 is 1.78. The Bertz CT molecular complexity index is 468. The first-order chi connectivity index (χ1) is 8.41. The Morgan fingerprint density at radius 2 is 1.89 bits per heavy atom. The molecule has 0 radical (unpaired) electrons. The van der Waals surface area contributed by atoms with Crippen LogP contribution in [0.3, 0.4) is 0 Å². The van der Waals surface area contributed by atoms with Crippen LogP contribution in [-0.2, 0) is 0 Å². The van der Waals surface area contributed by atoms with E-state index in [4.69, 9.17) is 11.6 Å². The van der Waals surface area contributed by atoms with E-state index >= 15 is 0 Å². The predicted molar refractivity (Wildman–Crippen MR) is 67.8 cm³/mol. The third-order valence-electron chi connectivity index (χ3n) is 2.87. The summed E-state index contributed by atoms with van der Waals surface area (Å²) in [6, 6.07) is -0.310. The molecule has 1 heterocycles. The SMILES string of the molecule is CN(C)C(N(C)C)=[N+]1N=[N+](O)C2C=C(Cl)C=CC21. The largest absolute Gasteiger partial charge is 0.463 e. The van der Waals surface area contributed by atoms with Crippen LogP contribution in [0.25, 0.3) is 0 Å². The van der Waals surface area contributed by atoms with Crippen LogP contribution in [0, 0.1) is 0 Å².